The third-order valence-electron chi connectivity index (χ3n) is 4.38. The highest BCUT2D eigenvalue weighted by molar-refractivity contribution is 6.09. The van der Waals surface area contributed by atoms with E-state index in [-0.39, 0.29) is 5.91 Å². The minimum atomic E-state index is -0.103. The number of rotatable bonds is 4. The third kappa shape index (κ3) is 3.94. The van der Waals surface area contributed by atoms with Gasteiger partial charge in [-0.1, -0.05) is 66.2 Å². The number of hydrazone groups is 1. The number of aryl methyl sites for hydroxylation is 2. The number of amides is 1. The maximum Gasteiger partial charge on any atom is 0.244 e. The summed E-state index contributed by atoms with van der Waals surface area (Å²) in [6, 6.07) is 20.4. The Balaban J connectivity index is 1.76. The normalized spacial score (nSPS) is 11.6. The van der Waals surface area contributed by atoms with Gasteiger partial charge >= 0.3 is 0 Å². The molecule has 0 heterocycles. The number of fused-ring (bicyclic) bond motifs is 1. The molecule has 3 rings (SSSR count). The number of nitrogens with zero attached hydrogens (tertiary/aromatic N) is 1. The maximum absolute atomic E-state index is 12.3. The summed E-state index contributed by atoms with van der Waals surface area (Å²) in [7, 11) is 0. The third-order valence-corrected chi connectivity index (χ3v) is 4.38. The summed E-state index contributed by atoms with van der Waals surface area (Å²) in [5.41, 5.74) is 7.83. The van der Waals surface area contributed by atoms with E-state index in [4.69, 9.17) is 0 Å². The van der Waals surface area contributed by atoms with Gasteiger partial charge in [-0.2, -0.15) is 5.10 Å². The molecule has 0 atom stereocenters. The van der Waals surface area contributed by atoms with E-state index in [0.29, 0.717) is 6.42 Å². The number of carbonyl (C=O) groups excluding carboxylic acids is 1. The molecule has 1 amide bonds. The molecule has 0 bridgehead atoms. The second-order valence-electron chi connectivity index (χ2n) is 6.37. The zero-order valence-electron chi connectivity index (χ0n) is 14.8. The van der Waals surface area contributed by atoms with Gasteiger partial charge in [-0.15, -0.1) is 0 Å². The molecule has 1 N–H and O–H groups in total. The van der Waals surface area contributed by atoms with Gasteiger partial charge in [-0.05, 0) is 42.7 Å². The molecular weight excluding hydrogens is 308 g/mol. The molecule has 0 radical (unpaired) electrons. The van der Waals surface area contributed by atoms with E-state index in [1.165, 1.54) is 0 Å². The molecule has 0 saturated heterocycles. The molecule has 0 spiro atoms. The second-order valence-corrected chi connectivity index (χ2v) is 6.37. The number of hydrogen-bond donors (Lipinski definition) is 1. The second kappa shape index (κ2) is 7.31. The lowest BCUT2D eigenvalue weighted by atomic mass is 10.0. The molecule has 0 aromatic heterocycles. The Morgan fingerprint density at radius 2 is 1.76 bits per heavy atom. The van der Waals surface area contributed by atoms with Crippen LogP contribution in [0.4, 0.5) is 0 Å². The van der Waals surface area contributed by atoms with E-state index >= 15 is 0 Å². The molecule has 0 unspecified atom stereocenters. The highest BCUT2D eigenvalue weighted by Gasteiger charge is 2.07. The minimum Gasteiger partial charge on any atom is -0.273 e. The van der Waals surface area contributed by atoms with E-state index in [9.17, 15) is 4.79 Å². The van der Waals surface area contributed by atoms with Gasteiger partial charge in [-0.25, -0.2) is 5.43 Å². The lowest BCUT2D eigenvalue weighted by molar-refractivity contribution is -0.120. The minimum absolute atomic E-state index is 0.103. The summed E-state index contributed by atoms with van der Waals surface area (Å²) in [5.74, 6) is -0.103. The molecule has 0 saturated carbocycles. The highest BCUT2D eigenvalue weighted by Crippen LogP contribution is 2.19. The van der Waals surface area contributed by atoms with Crippen molar-refractivity contribution >= 4 is 22.4 Å². The zero-order chi connectivity index (χ0) is 17.8. The molecule has 0 aliphatic rings. The maximum atomic E-state index is 12.3. The molecule has 3 aromatic carbocycles. The van der Waals surface area contributed by atoms with Crippen LogP contribution in [0.5, 0.6) is 0 Å². The number of hydrogen-bond acceptors (Lipinski definition) is 2. The van der Waals surface area contributed by atoms with Gasteiger partial charge in [-0.3, -0.25) is 4.79 Å². The van der Waals surface area contributed by atoms with Crippen molar-refractivity contribution in [3.63, 3.8) is 0 Å². The Morgan fingerprint density at radius 1 is 1.00 bits per heavy atom. The summed E-state index contributed by atoms with van der Waals surface area (Å²) in [6.45, 7) is 5.97. The van der Waals surface area contributed by atoms with Gasteiger partial charge in [0.1, 0.15) is 0 Å². The predicted octanol–water partition coefficient (Wildman–Crippen LogP) is 4.54. The fourth-order valence-electron chi connectivity index (χ4n) is 2.95. The van der Waals surface area contributed by atoms with Crippen molar-refractivity contribution in [3.05, 3.63) is 82.9 Å². The molecule has 3 aromatic rings. The van der Waals surface area contributed by atoms with Gasteiger partial charge in [0.05, 0.1) is 12.1 Å². The Hall–Kier alpha value is -2.94. The largest absolute Gasteiger partial charge is 0.273 e. The Bertz CT molecular complexity index is 952. The van der Waals surface area contributed by atoms with Crippen molar-refractivity contribution < 1.29 is 4.79 Å². The van der Waals surface area contributed by atoms with E-state index in [1.807, 2.05) is 51.1 Å². The highest BCUT2D eigenvalue weighted by atomic mass is 16.2. The standard InChI is InChI=1S/C22H22N2O/c1-15-11-12-16(2)19(13-15)14-22(25)24-23-17(3)20-10-6-8-18-7-4-5-9-21(18)20/h4-13H,14H2,1-3H3,(H,24,25)/b23-17-. The van der Waals surface area contributed by atoms with Gasteiger partial charge < -0.3 is 0 Å². The molecule has 0 aliphatic heterocycles. The van der Waals surface area contributed by atoms with Crippen LogP contribution in [0.15, 0.2) is 65.8 Å². The zero-order valence-corrected chi connectivity index (χ0v) is 14.8. The van der Waals surface area contributed by atoms with E-state index < -0.39 is 0 Å². The smallest absolute Gasteiger partial charge is 0.244 e. The van der Waals surface area contributed by atoms with E-state index in [2.05, 4.69) is 40.9 Å². The molecular formula is C22H22N2O. The van der Waals surface area contributed by atoms with Gasteiger partial charge in [0, 0.05) is 5.56 Å². The molecule has 3 heteroatoms. The van der Waals surface area contributed by atoms with Gasteiger partial charge in [0.15, 0.2) is 0 Å². The van der Waals surface area contributed by atoms with Crippen LogP contribution in [-0.4, -0.2) is 11.6 Å². The van der Waals surface area contributed by atoms with Crippen LogP contribution in [-0.2, 0) is 11.2 Å². The predicted molar refractivity (Wildman–Crippen MR) is 104 cm³/mol. The average molecular weight is 330 g/mol. The molecule has 3 nitrogen and oxygen atoms in total. The summed E-state index contributed by atoms with van der Waals surface area (Å²) in [6.07, 6.45) is 0.333. The van der Waals surface area contributed by atoms with Crippen LogP contribution >= 0.6 is 0 Å². The monoisotopic (exact) mass is 330 g/mol. The first-order chi connectivity index (χ1) is 12.0. The lowest BCUT2D eigenvalue weighted by Gasteiger charge is -2.08. The van der Waals surface area contributed by atoms with Crippen molar-refractivity contribution in [3.8, 4) is 0 Å². The summed E-state index contributed by atoms with van der Waals surface area (Å²) >= 11 is 0. The Labute approximate surface area is 148 Å². The van der Waals surface area contributed by atoms with E-state index in [0.717, 1.165) is 38.7 Å². The van der Waals surface area contributed by atoms with Crippen molar-refractivity contribution in [1.29, 1.82) is 0 Å². The van der Waals surface area contributed by atoms with Crippen molar-refractivity contribution in [2.75, 3.05) is 0 Å². The first-order valence-corrected chi connectivity index (χ1v) is 8.42. The fourth-order valence-corrected chi connectivity index (χ4v) is 2.95. The van der Waals surface area contributed by atoms with E-state index in [1.54, 1.807) is 0 Å². The molecule has 0 aliphatic carbocycles. The quantitative estimate of drug-likeness (QED) is 0.554. The first-order valence-electron chi connectivity index (χ1n) is 8.42. The van der Waals surface area contributed by atoms with Crippen molar-refractivity contribution in [2.45, 2.75) is 27.2 Å². The number of carbonyl (C=O) groups is 1. The van der Waals surface area contributed by atoms with Gasteiger partial charge in [0.25, 0.3) is 0 Å². The molecule has 25 heavy (non-hydrogen) atoms. The van der Waals surface area contributed by atoms with Crippen LogP contribution in [0.1, 0.15) is 29.2 Å². The first kappa shape index (κ1) is 16.9. The summed E-state index contributed by atoms with van der Waals surface area (Å²) in [5, 5.41) is 6.61. The number of nitrogens with one attached hydrogen (secondary N) is 1. The summed E-state index contributed by atoms with van der Waals surface area (Å²) in [4.78, 5) is 12.3. The molecule has 0 fully saturated rings. The van der Waals surface area contributed by atoms with Crippen LogP contribution in [0, 0.1) is 13.8 Å². The lowest BCUT2D eigenvalue weighted by Crippen LogP contribution is -2.21. The van der Waals surface area contributed by atoms with Crippen LogP contribution in [0.3, 0.4) is 0 Å². The topological polar surface area (TPSA) is 41.5 Å². The van der Waals surface area contributed by atoms with Gasteiger partial charge in [0.2, 0.25) is 5.91 Å². The van der Waals surface area contributed by atoms with Crippen molar-refractivity contribution in [1.82, 2.24) is 5.43 Å². The molecule has 126 valence electrons. The Morgan fingerprint density at radius 3 is 2.60 bits per heavy atom. The van der Waals surface area contributed by atoms with Crippen molar-refractivity contribution in [2.24, 2.45) is 5.10 Å². The number of benzene rings is 3. The van der Waals surface area contributed by atoms with Crippen LogP contribution in [0.2, 0.25) is 0 Å². The Kier molecular flexibility index (Phi) is 4.94. The van der Waals surface area contributed by atoms with Crippen LogP contribution < -0.4 is 5.43 Å². The summed E-state index contributed by atoms with van der Waals surface area (Å²) < 4.78 is 0. The average Bonchev–Trinajstić information content (AvgIpc) is 2.62. The van der Waals surface area contributed by atoms with Crippen LogP contribution in [0.25, 0.3) is 10.8 Å². The SMILES string of the molecule is C/C(=N/NC(=O)Cc1cc(C)ccc1C)c1cccc2ccccc12. The fraction of sp³-hybridized carbons (Fsp3) is 0.182.